The van der Waals surface area contributed by atoms with E-state index in [1.54, 1.807) is 0 Å². The summed E-state index contributed by atoms with van der Waals surface area (Å²) < 4.78 is 12.5. The van der Waals surface area contributed by atoms with Crippen LogP contribution in [-0.2, 0) is 0 Å². The van der Waals surface area contributed by atoms with Gasteiger partial charge in [0.05, 0.1) is 4.92 Å². The molecule has 12 heavy (non-hydrogen) atoms. The molecular formula is C6H2FN3O2. The Labute approximate surface area is 66.2 Å². The van der Waals surface area contributed by atoms with Gasteiger partial charge in [-0.15, -0.1) is 0 Å². The molecule has 5 nitrogen and oxygen atoms in total. The highest BCUT2D eigenvalue weighted by Crippen LogP contribution is 2.12. The first-order valence-corrected chi connectivity index (χ1v) is 2.85. The van der Waals surface area contributed by atoms with Crippen LogP contribution in [0, 0.1) is 27.4 Å². The highest BCUT2D eigenvalue weighted by Gasteiger charge is 2.10. The average molecular weight is 167 g/mol. The number of aromatic nitrogens is 1. The van der Waals surface area contributed by atoms with Gasteiger partial charge in [-0.1, -0.05) is 0 Å². The summed E-state index contributed by atoms with van der Waals surface area (Å²) >= 11 is 0. The molecule has 0 aromatic carbocycles. The minimum Gasteiger partial charge on any atom is -0.258 e. The summed E-state index contributed by atoms with van der Waals surface area (Å²) in [6, 6.07) is 2.28. The van der Waals surface area contributed by atoms with Gasteiger partial charge >= 0.3 is 0 Å². The molecule has 0 saturated carbocycles. The summed E-state index contributed by atoms with van der Waals surface area (Å²) in [4.78, 5) is 12.4. The molecule has 0 N–H and O–H groups in total. The zero-order valence-corrected chi connectivity index (χ0v) is 5.69. The molecule has 1 rings (SSSR count). The summed E-state index contributed by atoms with van der Waals surface area (Å²) in [7, 11) is 0. The lowest BCUT2D eigenvalue weighted by Crippen LogP contribution is -1.94. The van der Waals surface area contributed by atoms with Crippen LogP contribution in [0.5, 0.6) is 0 Å². The third-order valence-electron chi connectivity index (χ3n) is 1.16. The number of nitriles is 1. The van der Waals surface area contributed by atoms with Crippen molar-refractivity contribution in [3.05, 3.63) is 33.9 Å². The molecule has 0 bridgehead atoms. The van der Waals surface area contributed by atoms with Crippen LogP contribution in [0.2, 0.25) is 0 Å². The molecule has 0 aliphatic rings. The van der Waals surface area contributed by atoms with E-state index in [0.717, 1.165) is 12.3 Å². The van der Waals surface area contributed by atoms with Gasteiger partial charge in [0, 0.05) is 6.07 Å². The Balaban J connectivity index is 3.25. The van der Waals surface area contributed by atoms with Crippen molar-refractivity contribution in [2.24, 2.45) is 0 Å². The van der Waals surface area contributed by atoms with E-state index in [4.69, 9.17) is 5.26 Å². The maximum absolute atomic E-state index is 12.5. The lowest BCUT2D eigenvalue weighted by atomic mass is 10.3. The molecule has 0 unspecified atom stereocenters. The first-order valence-electron chi connectivity index (χ1n) is 2.85. The van der Waals surface area contributed by atoms with Crippen molar-refractivity contribution in [3.63, 3.8) is 0 Å². The fourth-order valence-electron chi connectivity index (χ4n) is 0.615. The van der Waals surface area contributed by atoms with Gasteiger partial charge in [0.2, 0.25) is 5.95 Å². The predicted octanol–water partition coefficient (Wildman–Crippen LogP) is 1.00. The number of nitrogens with zero attached hydrogens (tertiary/aromatic N) is 3. The minimum atomic E-state index is -0.997. The van der Waals surface area contributed by atoms with E-state index >= 15 is 0 Å². The van der Waals surface area contributed by atoms with Crippen LogP contribution in [0.4, 0.5) is 10.1 Å². The minimum absolute atomic E-state index is 0.395. The van der Waals surface area contributed by atoms with Gasteiger partial charge < -0.3 is 0 Å². The van der Waals surface area contributed by atoms with E-state index in [2.05, 4.69) is 4.98 Å². The summed E-state index contributed by atoms with van der Waals surface area (Å²) in [5.74, 6) is -0.997. The standard InChI is InChI=1S/C6H2FN3O2/c7-6-4(2-8)1-5(3-9-6)10(11)12/h1,3H. The zero-order valence-electron chi connectivity index (χ0n) is 5.69. The quantitative estimate of drug-likeness (QED) is 0.355. The molecule has 0 spiro atoms. The molecule has 0 atom stereocenters. The summed E-state index contributed by atoms with van der Waals surface area (Å²) in [6.07, 6.45) is 0.760. The Kier molecular flexibility index (Phi) is 1.96. The second kappa shape index (κ2) is 2.92. The molecule has 6 heteroatoms. The van der Waals surface area contributed by atoms with Crippen molar-refractivity contribution in [2.75, 3.05) is 0 Å². The van der Waals surface area contributed by atoms with Crippen molar-refractivity contribution in [1.29, 1.82) is 5.26 Å². The average Bonchev–Trinajstić information content (AvgIpc) is 2.05. The van der Waals surface area contributed by atoms with Crippen molar-refractivity contribution >= 4 is 5.69 Å². The number of hydrogen-bond acceptors (Lipinski definition) is 4. The fraction of sp³-hybridized carbons (Fsp3) is 0. The molecule has 0 fully saturated rings. The highest BCUT2D eigenvalue weighted by atomic mass is 19.1. The summed E-state index contributed by atoms with van der Waals surface area (Å²) in [5, 5.41) is 18.4. The molecule has 1 aromatic rings. The lowest BCUT2D eigenvalue weighted by Gasteiger charge is -1.91. The number of halogens is 1. The topological polar surface area (TPSA) is 79.8 Å². The van der Waals surface area contributed by atoms with Crippen molar-refractivity contribution in [3.8, 4) is 6.07 Å². The Morgan fingerprint density at radius 1 is 1.75 bits per heavy atom. The monoisotopic (exact) mass is 167 g/mol. The van der Waals surface area contributed by atoms with E-state index in [0.29, 0.717) is 0 Å². The van der Waals surface area contributed by atoms with Crippen LogP contribution < -0.4 is 0 Å². The third kappa shape index (κ3) is 1.34. The van der Waals surface area contributed by atoms with Crippen LogP contribution in [0.25, 0.3) is 0 Å². The summed E-state index contributed by atoms with van der Waals surface area (Å²) in [5.41, 5.74) is -0.822. The van der Waals surface area contributed by atoms with Crippen molar-refractivity contribution < 1.29 is 9.31 Å². The van der Waals surface area contributed by atoms with Crippen molar-refractivity contribution in [2.45, 2.75) is 0 Å². The maximum atomic E-state index is 12.5. The Morgan fingerprint density at radius 2 is 2.42 bits per heavy atom. The van der Waals surface area contributed by atoms with Crippen LogP contribution in [0.1, 0.15) is 5.56 Å². The molecule has 60 valence electrons. The van der Waals surface area contributed by atoms with E-state index < -0.39 is 22.1 Å². The van der Waals surface area contributed by atoms with Gasteiger partial charge in [0.25, 0.3) is 5.69 Å². The maximum Gasteiger partial charge on any atom is 0.289 e. The van der Waals surface area contributed by atoms with Crippen LogP contribution in [0.3, 0.4) is 0 Å². The van der Waals surface area contributed by atoms with Crippen LogP contribution in [-0.4, -0.2) is 9.91 Å². The van der Waals surface area contributed by atoms with Gasteiger partial charge in [0.1, 0.15) is 17.8 Å². The zero-order chi connectivity index (χ0) is 9.14. The fourth-order valence-corrected chi connectivity index (χ4v) is 0.615. The van der Waals surface area contributed by atoms with E-state index in [1.165, 1.54) is 6.07 Å². The molecular weight excluding hydrogens is 165 g/mol. The highest BCUT2D eigenvalue weighted by molar-refractivity contribution is 5.37. The van der Waals surface area contributed by atoms with E-state index in [-0.39, 0.29) is 0 Å². The van der Waals surface area contributed by atoms with Gasteiger partial charge in [-0.2, -0.15) is 9.65 Å². The number of pyridine rings is 1. The number of nitro groups is 1. The van der Waals surface area contributed by atoms with Crippen LogP contribution in [0.15, 0.2) is 12.3 Å². The lowest BCUT2D eigenvalue weighted by molar-refractivity contribution is -0.385. The molecule has 0 amide bonds. The predicted molar refractivity (Wildman–Crippen MR) is 35.6 cm³/mol. The Bertz CT molecular complexity index is 372. The Morgan fingerprint density at radius 3 is 2.92 bits per heavy atom. The van der Waals surface area contributed by atoms with Gasteiger partial charge in [-0.05, 0) is 0 Å². The number of rotatable bonds is 1. The second-order valence-corrected chi connectivity index (χ2v) is 1.90. The van der Waals surface area contributed by atoms with Crippen LogP contribution >= 0.6 is 0 Å². The molecule has 1 aromatic heterocycles. The van der Waals surface area contributed by atoms with Gasteiger partial charge in [-0.3, -0.25) is 10.1 Å². The van der Waals surface area contributed by atoms with Gasteiger partial charge in [0.15, 0.2) is 0 Å². The Hall–Kier alpha value is -2.03. The SMILES string of the molecule is N#Cc1cc([N+](=O)[O-])cnc1F. The molecule has 0 radical (unpaired) electrons. The molecule has 0 aliphatic heterocycles. The first kappa shape index (κ1) is 8.07. The molecule has 0 saturated heterocycles. The smallest absolute Gasteiger partial charge is 0.258 e. The van der Waals surface area contributed by atoms with Gasteiger partial charge in [-0.25, -0.2) is 4.98 Å². The third-order valence-corrected chi connectivity index (χ3v) is 1.16. The van der Waals surface area contributed by atoms with E-state index in [9.17, 15) is 14.5 Å². The molecule has 1 heterocycles. The normalized spacial score (nSPS) is 9.00. The first-order chi connectivity index (χ1) is 5.65. The summed E-state index contributed by atoms with van der Waals surface area (Å²) in [6.45, 7) is 0. The molecule has 0 aliphatic carbocycles. The number of hydrogen-bond donors (Lipinski definition) is 0. The van der Waals surface area contributed by atoms with E-state index in [1.807, 2.05) is 0 Å². The largest absolute Gasteiger partial charge is 0.289 e. The second-order valence-electron chi connectivity index (χ2n) is 1.90. The van der Waals surface area contributed by atoms with Crippen molar-refractivity contribution in [1.82, 2.24) is 4.98 Å².